The molecule has 0 spiro atoms. The molecule has 0 radical (unpaired) electrons. The summed E-state index contributed by atoms with van der Waals surface area (Å²) in [6.07, 6.45) is 1.74. The standard InChI is InChI=1S/C13H10BrN3O/c1-18-10-5-2-4-9(8-10)13-16-12(14)11-6-3-7-15-17(11)13/h2-8H,1H3. The molecule has 0 aliphatic heterocycles. The topological polar surface area (TPSA) is 39.4 Å². The SMILES string of the molecule is COc1cccc(-c2nc(Br)c3cccnn23)c1. The Morgan fingerprint density at radius 3 is 2.94 bits per heavy atom. The van der Waals surface area contributed by atoms with E-state index in [0.717, 1.165) is 27.3 Å². The molecule has 3 rings (SSSR count). The molecule has 0 unspecified atom stereocenters. The monoisotopic (exact) mass is 303 g/mol. The van der Waals surface area contributed by atoms with Crippen LogP contribution in [0.5, 0.6) is 5.75 Å². The molecule has 0 saturated carbocycles. The summed E-state index contributed by atoms with van der Waals surface area (Å²) >= 11 is 3.45. The van der Waals surface area contributed by atoms with E-state index in [1.807, 2.05) is 36.4 Å². The van der Waals surface area contributed by atoms with Crippen LogP contribution in [-0.4, -0.2) is 21.7 Å². The smallest absolute Gasteiger partial charge is 0.162 e. The average Bonchev–Trinajstić information content (AvgIpc) is 2.77. The molecule has 0 saturated heterocycles. The van der Waals surface area contributed by atoms with Gasteiger partial charge in [-0.3, -0.25) is 0 Å². The van der Waals surface area contributed by atoms with E-state index >= 15 is 0 Å². The Balaban J connectivity index is 2.25. The normalized spacial score (nSPS) is 10.8. The van der Waals surface area contributed by atoms with Gasteiger partial charge in [-0.25, -0.2) is 9.50 Å². The third-order valence-electron chi connectivity index (χ3n) is 2.69. The van der Waals surface area contributed by atoms with E-state index in [2.05, 4.69) is 26.0 Å². The summed E-state index contributed by atoms with van der Waals surface area (Å²) < 4.78 is 7.82. The minimum absolute atomic E-state index is 0.786. The summed E-state index contributed by atoms with van der Waals surface area (Å²) in [5, 5.41) is 4.32. The van der Waals surface area contributed by atoms with Crippen LogP contribution in [0, 0.1) is 0 Å². The maximum absolute atomic E-state index is 5.23. The molecule has 18 heavy (non-hydrogen) atoms. The summed E-state index contributed by atoms with van der Waals surface area (Å²) in [5.41, 5.74) is 1.91. The number of methoxy groups -OCH3 is 1. The highest BCUT2D eigenvalue weighted by Gasteiger charge is 2.11. The van der Waals surface area contributed by atoms with Crippen LogP contribution in [0.2, 0.25) is 0 Å². The molecule has 0 bridgehead atoms. The van der Waals surface area contributed by atoms with Gasteiger partial charge in [-0.15, -0.1) is 0 Å². The van der Waals surface area contributed by atoms with E-state index in [1.165, 1.54) is 0 Å². The lowest BCUT2D eigenvalue weighted by Crippen LogP contribution is -1.93. The molecule has 2 aromatic heterocycles. The molecule has 3 aromatic rings. The van der Waals surface area contributed by atoms with Crippen molar-refractivity contribution in [3.05, 3.63) is 47.2 Å². The van der Waals surface area contributed by atoms with Gasteiger partial charge in [-0.05, 0) is 40.2 Å². The largest absolute Gasteiger partial charge is 0.497 e. The van der Waals surface area contributed by atoms with Crippen LogP contribution in [-0.2, 0) is 0 Å². The number of hydrogen-bond donors (Lipinski definition) is 0. The lowest BCUT2D eigenvalue weighted by molar-refractivity contribution is 0.415. The Morgan fingerprint density at radius 1 is 1.22 bits per heavy atom. The highest BCUT2D eigenvalue weighted by atomic mass is 79.9. The summed E-state index contributed by atoms with van der Waals surface area (Å²) in [4.78, 5) is 4.50. The Labute approximate surface area is 112 Å². The Kier molecular flexibility index (Phi) is 2.76. The van der Waals surface area contributed by atoms with Gasteiger partial charge in [0, 0.05) is 11.8 Å². The van der Waals surface area contributed by atoms with Gasteiger partial charge in [-0.1, -0.05) is 12.1 Å². The highest BCUT2D eigenvalue weighted by molar-refractivity contribution is 9.10. The predicted molar refractivity (Wildman–Crippen MR) is 72.7 cm³/mol. The van der Waals surface area contributed by atoms with Crippen molar-refractivity contribution < 1.29 is 4.74 Å². The van der Waals surface area contributed by atoms with Crippen molar-refractivity contribution in [2.24, 2.45) is 0 Å². The maximum Gasteiger partial charge on any atom is 0.162 e. The van der Waals surface area contributed by atoms with E-state index in [4.69, 9.17) is 4.74 Å². The zero-order chi connectivity index (χ0) is 12.5. The molecular weight excluding hydrogens is 294 g/mol. The Bertz CT molecular complexity index is 708. The van der Waals surface area contributed by atoms with Gasteiger partial charge in [0.1, 0.15) is 10.4 Å². The number of benzene rings is 1. The van der Waals surface area contributed by atoms with Crippen molar-refractivity contribution >= 4 is 21.4 Å². The van der Waals surface area contributed by atoms with Crippen LogP contribution in [0.4, 0.5) is 0 Å². The van der Waals surface area contributed by atoms with Gasteiger partial charge in [0.05, 0.1) is 12.6 Å². The van der Waals surface area contributed by atoms with Crippen LogP contribution >= 0.6 is 15.9 Å². The number of imidazole rings is 1. The van der Waals surface area contributed by atoms with E-state index in [-0.39, 0.29) is 0 Å². The van der Waals surface area contributed by atoms with Crippen LogP contribution in [0.15, 0.2) is 47.2 Å². The van der Waals surface area contributed by atoms with Gasteiger partial charge in [0.2, 0.25) is 0 Å². The Hall–Kier alpha value is -1.88. The molecule has 0 fully saturated rings. The van der Waals surface area contributed by atoms with Crippen molar-refractivity contribution in [2.75, 3.05) is 7.11 Å². The first-order valence-corrected chi connectivity index (χ1v) is 6.22. The van der Waals surface area contributed by atoms with Gasteiger partial charge in [0.15, 0.2) is 5.82 Å². The summed E-state index contributed by atoms with van der Waals surface area (Å²) in [6, 6.07) is 11.6. The van der Waals surface area contributed by atoms with E-state index < -0.39 is 0 Å². The second-order valence-electron chi connectivity index (χ2n) is 3.78. The minimum Gasteiger partial charge on any atom is -0.497 e. The molecule has 5 heteroatoms. The van der Waals surface area contributed by atoms with Gasteiger partial charge in [-0.2, -0.15) is 5.10 Å². The molecule has 0 aliphatic rings. The number of hydrogen-bond acceptors (Lipinski definition) is 3. The second-order valence-corrected chi connectivity index (χ2v) is 4.53. The number of fused-ring (bicyclic) bond motifs is 1. The number of ether oxygens (including phenoxy) is 1. The Morgan fingerprint density at radius 2 is 2.11 bits per heavy atom. The van der Waals surface area contributed by atoms with Crippen molar-refractivity contribution in [2.45, 2.75) is 0 Å². The van der Waals surface area contributed by atoms with Crippen molar-refractivity contribution in [1.29, 1.82) is 0 Å². The molecular formula is C13H10BrN3O. The molecule has 0 atom stereocenters. The summed E-state index contributed by atoms with van der Waals surface area (Å²) in [7, 11) is 1.65. The first kappa shape index (κ1) is 11.2. The molecule has 1 aromatic carbocycles. The fourth-order valence-electron chi connectivity index (χ4n) is 1.84. The second kappa shape index (κ2) is 4.42. The van der Waals surface area contributed by atoms with Gasteiger partial charge in [0.25, 0.3) is 0 Å². The van der Waals surface area contributed by atoms with Gasteiger partial charge < -0.3 is 4.74 Å². The molecule has 90 valence electrons. The third kappa shape index (κ3) is 1.76. The van der Waals surface area contributed by atoms with E-state index in [0.29, 0.717) is 0 Å². The quantitative estimate of drug-likeness (QED) is 0.730. The molecule has 0 aliphatic carbocycles. The molecule has 2 heterocycles. The predicted octanol–water partition coefficient (Wildman–Crippen LogP) is 3.17. The zero-order valence-corrected chi connectivity index (χ0v) is 11.3. The maximum atomic E-state index is 5.23. The van der Waals surface area contributed by atoms with Crippen LogP contribution in [0.25, 0.3) is 16.9 Å². The van der Waals surface area contributed by atoms with E-state index in [1.54, 1.807) is 17.8 Å². The summed E-state index contributed by atoms with van der Waals surface area (Å²) in [5.74, 6) is 1.59. The first-order chi connectivity index (χ1) is 8.79. The number of halogens is 1. The van der Waals surface area contributed by atoms with Crippen LogP contribution < -0.4 is 4.74 Å². The third-order valence-corrected chi connectivity index (χ3v) is 3.28. The lowest BCUT2D eigenvalue weighted by atomic mass is 10.2. The van der Waals surface area contributed by atoms with E-state index in [9.17, 15) is 0 Å². The first-order valence-electron chi connectivity index (χ1n) is 5.43. The fraction of sp³-hybridized carbons (Fsp3) is 0.0769. The molecule has 0 amide bonds. The van der Waals surface area contributed by atoms with Crippen LogP contribution in [0.1, 0.15) is 0 Å². The van der Waals surface area contributed by atoms with Crippen molar-refractivity contribution in [1.82, 2.24) is 14.6 Å². The number of nitrogens with zero attached hydrogens (tertiary/aromatic N) is 3. The van der Waals surface area contributed by atoms with Crippen LogP contribution in [0.3, 0.4) is 0 Å². The fourth-order valence-corrected chi connectivity index (χ4v) is 2.31. The number of aromatic nitrogens is 3. The van der Waals surface area contributed by atoms with Crippen molar-refractivity contribution in [3.63, 3.8) is 0 Å². The van der Waals surface area contributed by atoms with Gasteiger partial charge >= 0.3 is 0 Å². The molecule has 4 nitrogen and oxygen atoms in total. The molecule has 0 N–H and O–H groups in total. The minimum atomic E-state index is 0.786. The average molecular weight is 304 g/mol. The lowest BCUT2D eigenvalue weighted by Gasteiger charge is -2.03. The zero-order valence-electron chi connectivity index (χ0n) is 9.67. The van der Waals surface area contributed by atoms with Crippen molar-refractivity contribution in [3.8, 4) is 17.1 Å². The number of rotatable bonds is 2. The summed E-state index contributed by atoms with van der Waals surface area (Å²) in [6.45, 7) is 0. The highest BCUT2D eigenvalue weighted by Crippen LogP contribution is 2.27.